The monoisotopic (exact) mass is 351 g/mol. The van der Waals surface area contributed by atoms with Crippen molar-refractivity contribution in [3.8, 4) is 6.07 Å². The largest absolute Gasteiger partial charge is 0.319 e. The van der Waals surface area contributed by atoms with E-state index in [1.807, 2.05) is 24.3 Å². The van der Waals surface area contributed by atoms with Gasteiger partial charge in [-0.25, -0.2) is 9.37 Å². The number of hydrogen-bond acceptors (Lipinski definition) is 3. The van der Waals surface area contributed by atoms with Crippen molar-refractivity contribution in [2.75, 3.05) is 5.32 Å². The number of hydrogen-bond donors (Lipinski definition) is 1. The molecular weight excluding hydrogens is 341 g/mol. The van der Waals surface area contributed by atoms with Gasteiger partial charge in [-0.3, -0.25) is 4.79 Å². The summed E-state index contributed by atoms with van der Waals surface area (Å²) in [4.78, 5) is 16.5. The number of fused-ring (bicyclic) bond motifs is 1. The van der Waals surface area contributed by atoms with Gasteiger partial charge >= 0.3 is 0 Å². The lowest BCUT2D eigenvalue weighted by Crippen LogP contribution is -2.14. The van der Waals surface area contributed by atoms with Gasteiger partial charge in [-0.05, 0) is 30.3 Å². The van der Waals surface area contributed by atoms with E-state index in [4.69, 9.17) is 11.6 Å². The Balaban J connectivity index is 1.95. The molecule has 1 heterocycles. The van der Waals surface area contributed by atoms with Crippen LogP contribution in [0.3, 0.4) is 0 Å². The molecule has 0 fully saturated rings. The third kappa shape index (κ3) is 3.65. The first-order chi connectivity index (χ1) is 12.1. The summed E-state index contributed by atoms with van der Waals surface area (Å²) < 4.78 is 13.6. The van der Waals surface area contributed by atoms with Crippen LogP contribution in [0, 0.1) is 17.1 Å². The van der Waals surface area contributed by atoms with Crippen LogP contribution in [0.5, 0.6) is 0 Å². The van der Waals surface area contributed by atoms with E-state index in [9.17, 15) is 14.4 Å². The summed E-state index contributed by atoms with van der Waals surface area (Å²) in [5.74, 6) is -1.31. The molecule has 25 heavy (non-hydrogen) atoms. The van der Waals surface area contributed by atoms with Gasteiger partial charge in [0.05, 0.1) is 11.2 Å². The maximum absolute atomic E-state index is 13.6. The third-order valence-electron chi connectivity index (χ3n) is 3.49. The maximum atomic E-state index is 13.6. The molecular formula is C19H11ClFN3O. The van der Waals surface area contributed by atoms with Gasteiger partial charge in [-0.2, -0.15) is 5.26 Å². The Morgan fingerprint density at radius 2 is 1.92 bits per heavy atom. The van der Waals surface area contributed by atoms with Crippen molar-refractivity contribution >= 4 is 40.2 Å². The minimum atomic E-state index is -0.725. The zero-order valence-corrected chi connectivity index (χ0v) is 13.6. The molecule has 1 aromatic heterocycles. The van der Waals surface area contributed by atoms with Crippen LogP contribution >= 0.6 is 11.6 Å². The van der Waals surface area contributed by atoms with Gasteiger partial charge in [0.15, 0.2) is 0 Å². The van der Waals surface area contributed by atoms with Crippen molar-refractivity contribution in [1.29, 1.82) is 5.26 Å². The summed E-state index contributed by atoms with van der Waals surface area (Å²) in [7, 11) is 0. The first-order valence-corrected chi connectivity index (χ1v) is 7.69. The predicted octanol–water partition coefficient (Wildman–Crippen LogP) is 4.57. The van der Waals surface area contributed by atoms with Crippen LogP contribution in [0.1, 0.15) is 5.56 Å². The highest BCUT2D eigenvalue weighted by Gasteiger charge is 2.13. The van der Waals surface area contributed by atoms with E-state index in [0.29, 0.717) is 11.1 Å². The second-order valence-corrected chi connectivity index (χ2v) is 5.52. The number of nitrogens with zero attached hydrogens (tertiary/aromatic N) is 2. The highest BCUT2D eigenvalue weighted by atomic mass is 35.5. The second-order valence-electron chi connectivity index (χ2n) is 5.16. The molecule has 0 aliphatic carbocycles. The van der Waals surface area contributed by atoms with Crippen LogP contribution < -0.4 is 5.32 Å². The van der Waals surface area contributed by atoms with Gasteiger partial charge in [0.1, 0.15) is 22.6 Å². The van der Waals surface area contributed by atoms with Gasteiger partial charge in [-0.15, -0.1) is 0 Å². The minimum absolute atomic E-state index is 0.00335. The zero-order valence-electron chi connectivity index (χ0n) is 12.8. The molecule has 4 nitrogen and oxygen atoms in total. The van der Waals surface area contributed by atoms with Crippen molar-refractivity contribution in [2.45, 2.75) is 0 Å². The van der Waals surface area contributed by atoms with E-state index in [0.717, 1.165) is 5.39 Å². The fourth-order valence-electron chi connectivity index (χ4n) is 2.27. The molecule has 0 aliphatic rings. The van der Waals surface area contributed by atoms with E-state index >= 15 is 0 Å². The predicted molar refractivity (Wildman–Crippen MR) is 95.4 cm³/mol. The van der Waals surface area contributed by atoms with Gasteiger partial charge in [0.2, 0.25) is 0 Å². The molecule has 0 unspecified atom stereocenters. The number of benzene rings is 2. The van der Waals surface area contributed by atoms with Crippen molar-refractivity contribution in [1.82, 2.24) is 4.98 Å². The Bertz CT molecular complexity index is 1040. The number of carbonyl (C=O) groups is 1. The number of carbonyl (C=O) groups excluding carboxylic acids is 1. The molecule has 0 saturated carbocycles. The molecule has 0 saturated heterocycles. The summed E-state index contributed by atoms with van der Waals surface area (Å²) in [6.07, 6.45) is 1.33. The smallest absolute Gasteiger partial charge is 0.266 e. The van der Waals surface area contributed by atoms with Crippen molar-refractivity contribution in [3.63, 3.8) is 0 Å². The highest BCUT2D eigenvalue weighted by molar-refractivity contribution is 6.31. The van der Waals surface area contributed by atoms with E-state index in [-0.39, 0.29) is 16.4 Å². The number of amides is 1. The summed E-state index contributed by atoms with van der Waals surface area (Å²) in [5.41, 5.74) is 0.929. The summed E-state index contributed by atoms with van der Waals surface area (Å²) in [6.45, 7) is 0. The summed E-state index contributed by atoms with van der Waals surface area (Å²) in [6, 6.07) is 16.6. The van der Waals surface area contributed by atoms with E-state index in [2.05, 4.69) is 10.3 Å². The summed E-state index contributed by atoms with van der Waals surface area (Å²) in [5, 5.41) is 12.6. The number of nitrogens with one attached hydrogen (secondary N) is 1. The number of halogens is 2. The van der Waals surface area contributed by atoms with Crippen LogP contribution in [-0.2, 0) is 4.79 Å². The number of para-hydroxylation sites is 2. The van der Waals surface area contributed by atoms with Gasteiger partial charge in [-0.1, -0.05) is 41.9 Å². The van der Waals surface area contributed by atoms with Crippen LogP contribution in [0.15, 0.2) is 60.2 Å². The van der Waals surface area contributed by atoms with Crippen LogP contribution in [0.25, 0.3) is 17.0 Å². The molecule has 1 N–H and O–H groups in total. The molecule has 3 aromatic rings. The Morgan fingerprint density at radius 3 is 2.68 bits per heavy atom. The average molecular weight is 352 g/mol. The van der Waals surface area contributed by atoms with Crippen LogP contribution in [-0.4, -0.2) is 10.9 Å². The van der Waals surface area contributed by atoms with Crippen molar-refractivity contribution < 1.29 is 9.18 Å². The van der Waals surface area contributed by atoms with Gasteiger partial charge in [0.25, 0.3) is 5.91 Å². The fraction of sp³-hybridized carbons (Fsp3) is 0. The molecule has 0 radical (unpaired) electrons. The van der Waals surface area contributed by atoms with Crippen molar-refractivity contribution in [3.05, 3.63) is 76.7 Å². The molecule has 122 valence electrons. The SMILES string of the molecule is N#C/C(=C\c1cc2ccccc2nc1Cl)C(=O)Nc1ccccc1F. The molecule has 3 rings (SSSR count). The summed E-state index contributed by atoms with van der Waals surface area (Å²) >= 11 is 6.14. The molecule has 0 bridgehead atoms. The number of pyridine rings is 1. The van der Waals surface area contributed by atoms with Crippen LogP contribution in [0.4, 0.5) is 10.1 Å². The Hall–Kier alpha value is -3.23. The second kappa shape index (κ2) is 7.12. The van der Waals surface area contributed by atoms with E-state index in [1.165, 1.54) is 24.3 Å². The topological polar surface area (TPSA) is 65.8 Å². The molecule has 0 aliphatic heterocycles. The van der Waals surface area contributed by atoms with E-state index < -0.39 is 11.7 Å². The Morgan fingerprint density at radius 1 is 1.20 bits per heavy atom. The third-order valence-corrected chi connectivity index (χ3v) is 3.79. The van der Waals surface area contributed by atoms with Gasteiger partial charge < -0.3 is 5.32 Å². The molecule has 0 spiro atoms. The van der Waals surface area contributed by atoms with Crippen LogP contribution in [0.2, 0.25) is 5.15 Å². The zero-order chi connectivity index (χ0) is 17.8. The lowest BCUT2D eigenvalue weighted by molar-refractivity contribution is -0.112. The first-order valence-electron chi connectivity index (χ1n) is 7.31. The number of rotatable bonds is 3. The lowest BCUT2D eigenvalue weighted by atomic mass is 10.1. The fourth-order valence-corrected chi connectivity index (χ4v) is 2.47. The normalized spacial score (nSPS) is 11.2. The number of nitriles is 1. The molecule has 0 atom stereocenters. The maximum Gasteiger partial charge on any atom is 0.266 e. The molecule has 2 aromatic carbocycles. The lowest BCUT2D eigenvalue weighted by Gasteiger charge is -2.06. The Kier molecular flexibility index (Phi) is 4.73. The molecule has 1 amide bonds. The number of aromatic nitrogens is 1. The quantitative estimate of drug-likeness (QED) is 0.427. The van der Waals surface area contributed by atoms with E-state index in [1.54, 1.807) is 18.2 Å². The molecule has 6 heteroatoms. The first kappa shape index (κ1) is 16.6. The standard InChI is InChI=1S/C19H11ClFN3O/c20-18-13(9-12-5-1-3-7-16(12)23-18)10-14(11-22)19(25)24-17-8-4-2-6-15(17)21/h1-10H,(H,24,25)/b14-10+. The van der Waals surface area contributed by atoms with Crippen molar-refractivity contribution in [2.24, 2.45) is 0 Å². The minimum Gasteiger partial charge on any atom is -0.319 e. The van der Waals surface area contributed by atoms with Gasteiger partial charge in [0, 0.05) is 10.9 Å². The average Bonchev–Trinajstić information content (AvgIpc) is 2.61. The highest BCUT2D eigenvalue weighted by Crippen LogP contribution is 2.23. The number of anilines is 1. The Labute approximate surface area is 148 Å².